The standard InChI is InChI=1S/C14H7F7O/c1-22-5-2-3-6(7(4-5)14(20)21)8-9(15)11(17)13(19)12(18)10(8)16/h2-4,14H,1H3. The molecule has 0 radical (unpaired) electrons. The lowest BCUT2D eigenvalue weighted by molar-refractivity contribution is 0.151. The fraction of sp³-hybridized carbons (Fsp3) is 0.143. The third-order valence-electron chi connectivity index (χ3n) is 2.97. The van der Waals surface area contributed by atoms with Crippen molar-refractivity contribution in [3.05, 3.63) is 52.8 Å². The number of alkyl halides is 2. The van der Waals surface area contributed by atoms with Crippen LogP contribution in [0.1, 0.15) is 12.0 Å². The van der Waals surface area contributed by atoms with Crippen molar-refractivity contribution in [2.45, 2.75) is 6.43 Å². The van der Waals surface area contributed by atoms with Crippen molar-refractivity contribution in [2.75, 3.05) is 7.11 Å². The molecule has 0 aromatic heterocycles. The van der Waals surface area contributed by atoms with Gasteiger partial charge < -0.3 is 4.74 Å². The first-order chi connectivity index (χ1) is 10.3. The van der Waals surface area contributed by atoms with E-state index in [0.717, 1.165) is 18.2 Å². The molecule has 0 aliphatic rings. The van der Waals surface area contributed by atoms with Gasteiger partial charge in [-0.15, -0.1) is 0 Å². The zero-order valence-corrected chi connectivity index (χ0v) is 10.9. The van der Waals surface area contributed by atoms with Crippen LogP contribution in [0, 0.1) is 29.1 Å². The highest BCUT2D eigenvalue weighted by molar-refractivity contribution is 5.70. The summed E-state index contributed by atoms with van der Waals surface area (Å²) in [4.78, 5) is 0. The van der Waals surface area contributed by atoms with Crippen molar-refractivity contribution in [1.29, 1.82) is 0 Å². The molecule has 0 saturated carbocycles. The van der Waals surface area contributed by atoms with Crippen molar-refractivity contribution in [1.82, 2.24) is 0 Å². The molecule has 0 bridgehead atoms. The Morgan fingerprint density at radius 2 is 1.32 bits per heavy atom. The van der Waals surface area contributed by atoms with Gasteiger partial charge in [-0.3, -0.25) is 0 Å². The Labute approximate surface area is 119 Å². The van der Waals surface area contributed by atoms with Crippen LogP contribution < -0.4 is 4.74 Å². The minimum absolute atomic E-state index is 0.0529. The molecule has 2 rings (SSSR count). The second-order valence-corrected chi connectivity index (χ2v) is 4.20. The van der Waals surface area contributed by atoms with Gasteiger partial charge in [0.1, 0.15) is 5.75 Å². The molecule has 0 unspecified atom stereocenters. The molecule has 0 amide bonds. The first-order valence-corrected chi connectivity index (χ1v) is 5.77. The summed E-state index contributed by atoms with van der Waals surface area (Å²) >= 11 is 0. The third kappa shape index (κ3) is 2.49. The lowest BCUT2D eigenvalue weighted by Gasteiger charge is -2.13. The van der Waals surface area contributed by atoms with E-state index in [1.165, 1.54) is 7.11 Å². The predicted octanol–water partition coefficient (Wildman–Crippen LogP) is 5.00. The predicted molar refractivity (Wildman–Crippen MR) is 63.2 cm³/mol. The van der Waals surface area contributed by atoms with E-state index in [1.54, 1.807) is 0 Å². The number of rotatable bonds is 3. The summed E-state index contributed by atoms with van der Waals surface area (Å²) in [5.74, 6) is -11.2. The van der Waals surface area contributed by atoms with Gasteiger partial charge in [-0.05, 0) is 23.8 Å². The molecule has 0 saturated heterocycles. The number of hydrogen-bond donors (Lipinski definition) is 0. The van der Waals surface area contributed by atoms with Crippen molar-refractivity contribution >= 4 is 0 Å². The highest BCUT2D eigenvalue weighted by Gasteiger charge is 2.29. The summed E-state index contributed by atoms with van der Waals surface area (Å²) in [5, 5.41) is 0. The Morgan fingerprint density at radius 1 is 0.818 bits per heavy atom. The van der Waals surface area contributed by atoms with Crippen molar-refractivity contribution in [3.63, 3.8) is 0 Å². The molecule has 2 aromatic rings. The summed E-state index contributed by atoms with van der Waals surface area (Å²) in [6.45, 7) is 0. The molecule has 0 N–H and O–H groups in total. The van der Waals surface area contributed by atoms with Gasteiger partial charge in [0, 0.05) is 5.56 Å². The monoisotopic (exact) mass is 324 g/mol. The van der Waals surface area contributed by atoms with Gasteiger partial charge in [-0.1, -0.05) is 0 Å². The highest BCUT2D eigenvalue weighted by atomic mass is 19.3. The maximum Gasteiger partial charge on any atom is 0.264 e. The minimum Gasteiger partial charge on any atom is -0.497 e. The highest BCUT2D eigenvalue weighted by Crippen LogP contribution is 2.38. The zero-order valence-electron chi connectivity index (χ0n) is 10.9. The first kappa shape index (κ1) is 16.1. The zero-order chi connectivity index (χ0) is 16.6. The molecule has 8 heteroatoms. The Bertz CT molecular complexity index is 699. The molecule has 0 atom stereocenters. The summed E-state index contributed by atoms with van der Waals surface area (Å²) < 4.78 is 97.5. The molecule has 0 aliphatic carbocycles. The van der Waals surface area contributed by atoms with E-state index in [9.17, 15) is 30.7 Å². The molecular weight excluding hydrogens is 317 g/mol. The summed E-state index contributed by atoms with van der Waals surface area (Å²) in [6, 6.07) is 2.63. The Balaban J connectivity index is 2.83. The molecule has 0 heterocycles. The average molecular weight is 324 g/mol. The van der Waals surface area contributed by atoms with E-state index in [2.05, 4.69) is 0 Å². The van der Waals surface area contributed by atoms with E-state index < -0.39 is 52.2 Å². The molecule has 0 aliphatic heterocycles. The maximum absolute atomic E-state index is 13.7. The number of benzene rings is 2. The summed E-state index contributed by atoms with van der Waals surface area (Å²) in [7, 11) is 1.17. The van der Waals surface area contributed by atoms with Crippen molar-refractivity contribution in [3.8, 4) is 16.9 Å². The van der Waals surface area contributed by atoms with Crippen LogP contribution in [-0.4, -0.2) is 7.11 Å². The van der Waals surface area contributed by atoms with E-state index in [4.69, 9.17) is 4.74 Å². The van der Waals surface area contributed by atoms with Gasteiger partial charge in [0.05, 0.1) is 12.7 Å². The topological polar surface area (TPSA) is 9.23 Å². The van der Waals surface area contributed by atoms with Crippen LogP contribution in [0.4, 0.5) is 30.7 Å². The van der Waals surface area contributed by atoms with Crippen molar-refractivity contribution in [2.24, 2.45) is 0 Å². The molecular formula is C14H7F7O. The van der Waals surface area contributed by atoms with Crippen LogP contribution in [0.25, 0.3) is 11.1 Å². The number of ether oxygens (including phenoxy) is 1. The molecule has 2 aromatic carbocycles. The second-order valence-electron chi connectivity index (χ2n) is 4.20. The third-order valence-corrected chi connectivity index (χ3v) is 2.97. The van der Waals surface area contributed by atoms with Crippen LogP contribution in [0.3, 0.4) is 0 Å². The van der Waals surface area contributed by atoms with Gasteiger partial charge in [-0.2, -0.15) is 0 Å². The smallest absolute Gasteiger partial charge is 0.264 e. The lowest BCUT2D eigenvalue weighted by Crippen LogP contribution is -2.05. The summed E-state index contributed by atoms with van der Waals surface area (Å²) in [6.07, 6.45) is -3.21. The Hall–Kier alpha value is -2.25. The lowest BCUT2D eigenvalue weighted by atomic mass is 9.98. The fourth-order valence-corrected chi connectivity index (χ4v) is 1.92. The van der Waals surface area contributed by atoms with Crippen molar-refractivity contribution < 1.29 is 35.5 Å². The van der Waals surface area contributed by atoms with E-state index in [-0.39, 0.29) is 5.75 Å². The fourth-order valence-electron chi connectivity index (χ4n) is 1.92. The van der Waals surface area contributed by atoms with Gasteiger partial charge in [0.2, 0.25) is 5.82 Å². The van der Waals surface area contributed by atoms with Gasteiger partial charge in [0.15, 0.2) is 23.3 Å². The molecule has 22 heavy (non-hydrogen) atoms. The summed E-state index contributed by atoms with van der Waals surface area (Å²) in [5.41, 5.74) is -3.12. The van der Waals surface area contributed by atoms with Crippen LogP contribution in [0.15, 0.2) is 18.2 Å². The number of hydrogen-bond acceptors (Lipinski definition) is 1. The van der Waals surface area contributed by atoms with Crippen LogP contribution in [0.5, 0.6) is 5.75 Å². The molecule has 1 nitrogen and oxygen atoms in total. The molecule has 0 spiro atoms. The second kappa shape index (κ2) is 5.86. The van der Waals surface area contributed by atoms with Gasteiger partial charge in [-0.25, -0.2) is 30.7 Å². The molecule has 118 valence electrons. The van der Waals surface area contributed by atoms with E-state index in [1.807, 2.05) is 0 Å². The maximum atomic E-state index is 13.7. The normalized spacial score (nSPS) is 11.1. The van der Waals surface area contributed by atoms with Crippen LogP contribution in [0.2, 0.25) is 0 Å². The van der Waals surface area contributed by atoms with Gasteiger partial charge >= 0.3 is 0 Å². The largest absolute Gasteiger partial charge is 0.497 e. The van der Waals surface area contributed by atoms with Gasteiger partial charge in [0.25, 0.3) is 6.43 Å². The minimum atomic E-state index is -3.21. The Morgan fingerprint density at radius 3 is 1.77 bits per heavy atom. The SMILES string of the molecule is COc1ccc(-c2c(F)c(F)c(F)c(F)c2F)c(C(F)F)c1. The number of methoxy groups -OCH3 is 1. The molecule has 0 fully saturated rings. The quantitative estimate of drug-likeness (QED) is 0.439. The van der Waals surface area contributed by atoms with Crippen LogP contribution in [-0.2, 0) is 0 Å². The van der Waals surface area contributed by atoms with Crippen LogP contribution >= 0.6 is 0 Å². The Kier molecular flexibility index (Phi) is 4.30. The number of halogens is 7. The van der Waals surface area contributed by atoms with E-state index in [0.29, 0.717) is 0 Å². The van der Waals surface area contributed by atoms with E-state index >= 15 is 0 Å². The first-order valence-electron chi connectivity index (χ1n) is 5.77. The average Bonchev–Trinajstić information content (AvgIpc) is 2.51.